The van der Waals surface area contributed by atoms with Crippen LogP contribution in [0.15, 0.2) is 48.5 Å². The number of nitrogens with one attached hydrogen (secondary N) is 1. The van der Waals surface area contributed by atoms with Gasteiger partial charge in [-0.1, -0.05) is 30.3 Å². The van der Waals surface area contributed by atoms with E-state index >= 15 is 0 Å². The molecule has 3 heterocycles. The van der Waals surface area contributed by atoms with Crippen LogP contribution in [0, 0.1) is 0 Å². The molecular weight excluding hydrogens is 368 g/mol. The molecule has 0 bridgehead atoms. The molecule has 1 aromatic heterocycles. The van der Waals surface area contributed by atoms with Gasteiger partial charge in [0.1, 0.15) is 11.6 Å². The molecule has 1 unspecified atom stereocenters. The van der Waals surface area contributed by atoms with Crippen molar-refractivity contribution in [1.82, 2.24) is 14.9 Å². The Morgan fingerprint density at radius 3 is 2.69 bits per heavy atom. The van der Waals surface area contributed by atoms with Gasteiger partial charge in [-0.05, 0) is 23.8 Å². The molecule has 2 aromatic carbocycles. The zero-order chi connectivity index (χ0) is 20.0. The second-order valence-corrected chi connectivity index (χ2v) is 7.38. The molecule has 2 aliphatic rings. The minimum absolute atomic E-state index is 0.00205. The Morgan fingerprint density at radius 1 is 1.14 bits per heavy atom. The number of H-pyrrole nitrogens is 1. The molecule has 0 spiro atoms. The first-order chi connectivity index (χ1) is 14.1. The van der Waals surface area contributed by atoms with Crippen LogP contribution in [0.3, 0.4) is 0 Å². The third-order valence-electron chi connectivity index (χ3n) is 5.51. The quantitative estimate of drug-likeness (QED) is 0.717. The first kappa shape index (κ1) is 17.5. The average Bonchev–Trinajstić information content (AvgIpc) is 3.36. The van der Waals surface area contributed by atoms with Gasteiger partial charge in [-0.15, -0.1) is 0 Å². The number of nitrogens with two attached hydrogens (primary N) is 1. The van der Waals surface area contributed by atoms with E-state index in [9.17, 15) is 9.59 Å². The van der Waals surface area contributed by atoms with Gasteiger partial charge in [-0.25, -0.2) is 4.98 Å². The van der Waals surface area contributed by atoms with Crippen LogP contribution in [-0.2, 0) is 24.2 Å². The van der Waals surface area contributed by atoms with Crippen molar-refractivity contribution in [1.29, 1.82) is 0 Å². The number of rotatable bonds is 3. The van der Waals surface area contributed by atoms with E-state index in [1.807, 2.05) is 41.3 Å². The maximum absolute atomic E-state index is 13.0. The van der Waals surface area contributed by atoms with Gasteiger partial charge in [0.15, 0.2) is 6.10 Å². The van der Waals surface area contributed by atoms with E-state index in [1.54, 1.807) is 12.1 Å². The lowest BCUT2D eigenvalue weighted by molar-refractivity contribution is -0.138. The summed E-state index contributed by atoms with van der Waals surface area (Å²) in [6.07, 6.45) is 0.859. The number of carbonyl (C=O) groups excluding carboxylic acids is 2. The Kier molecular flexibility index (Phi) is 4.08. The number of aromatic nitrogens is 2. The third kappa shape index (κ3) is 3.14. The molecular formula is C22H20N4O3. The zero-order valence-corrected chi connectivity index (χ0v) is 15.7. The standard InChI is InChI=1S/C22H20N4O3/c23-20(27)13-5-7-14(8-6-13)21-24-16-9-10-26(12-17(16)25-21)22(28)19-11-15-3-1-2-4-18(15)29-19/h1-8,19H,9-12H2,(H2,23,27)(H,24,25). The van der Waals surface area contributed by atoms with Crippen molar-refractivity contribution in [3.8, 4) is 17.1 Å². The Bertz CT molecular complexity index is 1080. The van der Waals surface area contributed by atoms with Crippen LogP contribution in [-0.4, -0.2) is 39.3 Å². The van der Waals surface area contributed by atoms with Crippen molar-refractivity contribution in [2.24, 2.45) is 5.73 Å². The molecule has 0 saturated carbocycles. The van der Waals surface area contributed by atoms with Crippen LogP contribution in [0.2, 0.25) is 0 Å². The number of fused-ring (bicyclic) bond motifs is 2. The molecule has 5 rings (SSSR count). The van der Waals surface area contributed by atoms with E-state index in [0.717, 1.165) is 34.1 Å². The lowest BCUT2D eigenvalue weighted by Gasteiger charge is -2.28. The van der Waals surface area contributed by atoms with Gasteiger partial charge >= 0.3 is 0 Å². The highest BCUT2D eigenvalue weighted by Gasteiger charge is 2.34. The number of hydrogen-bond donors (Lipinski definition) is 2. The lowest BCUT2D eigenvalue weighted by atomic mass is 10.1. The number of amides is 2. The second-order valence-electron chi connectivity index (χ2n) is 7.38. The monoisotopic (exact) mass is 388 g/mol. The predicted molar refractivity (Wildman–Crippen MR) is 106 cm³/mol. The number of nitrogens with zero attached hydrogens (tertiary/aromatic N) is 2. The van der Waals surface area contributed by atoms with E-state index < -0.39 is 12.0 Å². The highest BCUT2D eigenvalue weighted by Crippen LogP contribution is 2.30. The van der Waals surface area contributed by atoms with Gasteiger partial charge < -0.3 is 20.4 Å². The van der Waals surface area contributed by atoms with Crippen LogP contribution in [0.5, 0.6) is 5.75 Å². The summed E-state index contributed by atoms with van der Waals surface area (Å²) in [5.74, 6) is 1.07. The largest absolute Gasteiger partial charge is 0.480 e. The molecule has 29 heavy (non-hydrogen) atoms. The van der Waals surface area contributed by atoms with Crippen molar-refractivity contribution in [2.75, 3.05) is 6.54 Å². The smallest absolute Gasteiger partial charge is 0.264 e. The molecule has 2 amide bonds. The molecule has 1 atom stereocenters. The van der Waals surface area contributed by atoms with Crippen LogP contribution >= 0.6 is 0 Å². The summed E-state index contributed by atoms with van der Waals surface area (Å²) in [6.45, 7) is 1.09. The van der Waals surface area contributed by atoms with Crippen molar-refractivity contribution >= 4 is 11.8 Å². The highest BCUT2D eigenvalue weighted by molar-refractivity contribution is 5.93. The fourth-order valence-electron chi connectivity index (χ4n) is 3.93. The van der Waals surface area contributed by atoms with Crippen LogP contribution in [0.25, 0.3) is 11.4 Å². The molecule has 0 radical (unpaired) electrons. The number of aromatic amines is 1. The van der Waals surface area contributed by atoms with Gasteiger partial charge in [0.2, 0.25) is 5.91 Å². The average molecular weight is 388 g/mol. The summed E-state index contributed by atoms with van der Waals surface area (Å²) in [5.41, 5.74) is 9.61. The van der Waals surface area contributed by atoms with Crippen LogP contribution < -0.4 is 10.5 Å². The fourth-order valence-corrected chi connectivity index (χ4v) is 3.93. The summed E-state index contributed by atoms with van der Waals surface area (Å²) in [7, 11) is 0. The van der Waals surface area contributed by atoms with Gasteiger partial charge in [0.25, 0.3) is 5.91 Å². The van der Waals surface area contributed by atoms with E-state index in [-0.39, 0.29) is 5.91 Å². The predicted octanol–water partition coefficient (Wildman–Crippen LogP) is 2.06. The van der Waals surface area contributed by atoms with Gasteiger partial charge in [-0.2, -0.15) is 0 Å². The van der Waals surface area contributed by atoms with Crippen LogP contribution in [0.1, 0.15) is 27.3 Å². The Balaban J connectivity index is 1.31. The number of benzene rings is 2. The minimum Gasteiger partial charge on any atom is -0.480 e. The first-order valence-corrected chi connectivity index (χ1v) is 9.60. The zero-order valence-electron chi connectivity index (χ0n) is 15.7. The Hall–Kier alpha value is -3.61. The molecule has 2 aliphatic heterocycles. The van der Waals surface area contributed by atoms with E-state index in [2.05, 4.69) is 9.97 Å². The summed E-state index contributed by atoms with van der Waals surface area (Å²) >= 11 is 0. The number of imidazole rings is 1. The maximum atomic E-state index is 13.0. The minimum atomic E-state index is -0.464. The molecule has 0 fully saturated rings. The highest BCUT2D eigenvalue weighted by atomic mass is 16.5. The lowest BCUT2D eigenvalue weighted by Crippen LogP contribution is -2.43. The van der Waals surface area contributed by atoms with Crippen molar-refractivity contribution in [3.05, 3.63) is 71.0 Å². The Morgan fingerprint density at radius 2 is 1.93 bits per heavy atom. The molecule has 7 heteroatoms. The first-order valence-electron chi connectivity index (χ1n) is 9.60. The van der Waals surface area contributed by atoms with Crippen molar-refractivity contribution < 1.29 is 14.3 Å². The summed E-state index contributed by atoms with van der Waals surface area (Å²) in [6, 6.07) is 14.8. The summed E-state index contributed by atoms with van der Waals surface area (Å²) < 4.78 is 5.86. The van der Waals surface area contributed by atoms with Gasteiger partial charge in [0, 0.05) is 36.2 Å². The number of hydrogen-bond acceptors (Lipinski definition) is 4. The molecule has 3 N–H and O–H groups in total. The summed E-state index contributed by atoms with van der Waals surface area (Å²) in [4.78, 5) is 34.1. The molecule has 0 saturated heterocycles. The van der Waals surface area contributed by atoms with Gasteiger partial charge in [0.05, 0.1) is 12.2 Å². The molecule has 7 nitrogen and oxygen atoms in total. The Labute approximate surface area is 167 Å². The second kappa shape index (κ2) is 6.77. The van der Waals surface area contributed by atoms with E-state index in [0.29, 0.717) is 31.5 Å². The fraction of sp³-hybridized carbons (Fsp3) is 0.227. The van der Waals surface area contributed by atoms with E-state index in [1.165, 1.54) is 0 Å². The normalized spacial score (nSPS) is 17.4. The maximum Gasteiger partial charge on any atom is 0.264 e. The van der Waals surface area contributed by atoms with Crippen molar-refractivity contribution in [3.63, 3.8) is 0 Å². The van der Waals surface area contributed by atoms with Crippen molar-refractivity contribution in [2.45, 2.75) is 25.5 Å². The summed E-state index contributed by atoms with van der Waals surface area (Å²) in [5, 5.41) is 0. The number of ether oxygens (including phenoxy) is 1. The third-order valence-corrected chi connectivity index (χ3v) is 5.51. The SMILES string of the molecule is NC(=O)c1ccc(-c2nc3c([nH]2)CCN(C(=O)C2Cc4ccccc4O2)C3)cc1. The van der Waals surface area contributed by atoms with Gasteiger partial charge in [-0.3, -0.25) is 9.59 Å². The van der Waals surface area contributed by atoms with Crippen LogP contribution in [0.4, 0.5) is 0 Å². The molecule has 3 aromatic rings. The number of carbonyl (C=O) groups is 2. The number of para-hydroxylation sites is 1. The molecule has 0 aliphatic carbocycles. The number of primary amides is 1. The van der Waals surface area contributed by atoms with E-state index in [4.69, 9.17) is 10.5 Å². The topological polar surface area (TPSA) is 101 Å². The molecule has 146 valence electrons.